The van der Waals surface area contributed by atoms with Gasteiger partial charge in [-0.05, 0) is 90.9 Å². The molecular weight excluding hydrogens is 414 g/mol. The number of nitrogens with one attached hydrogen (secondary N) is 2. The molecule has 1 aromatic heterocycles. The number of fused-ring (bicyclic) bond motifs is 5. The summed E-state index contributed by atoms with van der Waals surface area (Å²) in [5.41, 5.74) is 5.79. The number of hydrogen-bond acceptors (Lipinski definition) is 5. The zero-order valence-electron chi connectivity index (χ0n) is 19.6. The van der Waals surface area contributed by atoms with Gasteiger partial charge in [-0.3, -0.25) is 4.79 Å². The Morgan fingerprint density at radius 1 is 1.24 bits per heavy atom. The molecule has 3 N–H and O–H groups in total. The number of rotatable bonds is 6. The van der Waals surface area contributed by atoms with Crippen LogP contribution in [0.1, 0.15) is 62.5 Å². The van der Waals surface area contributed by atoms with Crippen molar-refractivity contribution in [1.82, 2.24) is 10.5 Å². The molecule has 0 saturated heterocycles. The number of nitrogens with zero attached hydrogens (tertiary/aromatic N) is 1. The lowest BCUT2D eigenvalue weighted by Crippen LogP contribution is -2.48. The van der Waals surface area contributed by atoms with E-state index >= 15 is 0 Å². The zero-order chi connectivity index (χ0) is 23.0. The molecule has 0 spiro atoms. The number of aromatic nitrogens is 1. The summed E-state index contributed by atoms with van der Waals surface area (Å²) in [6, 6.07) is 12.6. The minimum atomic E-state index is -0.00359. The van der Waals surface area contributed by atoms with Gasteiger partial charge in [0.2, 0.25) is 5.91 Å². The summed E-state index contributed by atoms with van der Waals surface area (Å²) < 4.78 is 5.13. The first-order valence-electron chi connectivity index (χ1n) is 12.3. The van der Waals surface area contributed by atoms with Crippen molar-refractivity contribution in [1.29, 1.82) is 0 Å². The number of pyridine rings is 1. The fourth-order valence-corrected chi connectivity index (χ4v) is 7.41. The van der Waals surface area contributed by atoms with Crippen LogP contribution in [0.25, 0.3) is 0 Å². The Morgan fingerprint density at radius 3 is 2.85 bits per heavy atom. The molecule has 0 bridgehead atoms. The van der Waals surface area contributed by atoms with Crippen LogP contribution >= 0.6 is 0 Å². The minimum absolute atomic E-state index is 0.00359. The number of methoxy groups -OCH3 is 1. The van der Waals surface area contributed by atoms with Gasteiger partial charge in [0.05, 0.1) is 13.3 Å². The Morgan fingerprint density at radius 2 is 2.09 bits per heavy atom. The standard InChI is InChI=1S/C27H35N3O3/c1-27-14-13-21-20-6-4-3-5-17(20)7-10-22(21)26(27)18(15-23(27)30-32)8-12-25(31)29-24-11-9-19(33-2)16-28-24/h3-6,9,11,16,18,21-23,26,30,32H,7-8,10,12-15H2,1-2H3,(H,28,29,31)/t18-,21?,22?,23?,26?,27-/m1/s1. The van der Waals surface area contributed by atoms with E-state index in [1.54, 1.807) is 31.0 Å². The van der Waals surface area contributed by atoms with Crippen LogP contribution in [0.2, 0.25) is 0 Å². The predicted octanol–water partition coefficient (Wildman–Crippen LogP) is 4.94. The van der Waals surface area contributed by atoms with Gasteiger partial charge in [0.1, 0.15) is 11.6 Å². The van der Waals surface area contributed by atoms with Crippen LogP contribution in [0.15, 0.2) is 42.6 Å². The molecule has 3 aliphatic rings. The second kappa shape index (κ2) is 9.07. The van der Waals surface area contributed by atoms with Crippen molar-refractivity contribution in [3.05, 3.63) is 53.7 Å². The molecule has 33 heavy (non-hydrogen) atoms. The van der Waals surface area contributed by atoms with Crippen molar-refractivity contribution in [2.24, 2.45) is 23.2 Å². The summed E-state index contributed by atoms with van der Waals surface area (Å²) in [4.78, 5) is 17.0. The van der Waals surface area contributed by atoms with E-state index in [9.17, 15) is 10.0 Å². The molecule has 3 aliphatic carbocycles. The summed E-state index contributed by atoms with van der Waals surface area (Å²) in [5, 5.41) is 12.9. The molecule has 1 amide bonds. The molecule has 6 atom stereocenters. The van der Waals surface area contributed by atoms with Crippen LogP contribution in [-0.4, -0.2) is 29.3 Å². The fourth-order valence-electron chi connectivity index (χ4n) is 7.41. The van der Waals surface area contributed by atoms with E-state index in [2.05, 4.69) is 47.0 Å². The lowest BCUT2D eigenvalue weighted by Gasteiger charge is -2.52. The second-order valence-electron chi connectivity index (χ2n) is 10.4. The quantitative estimate of drug-likeness (QED) is 0.544. The number of ether oxygens (including phenoxy) is 1. The zero-order valence-corrected chi connectivity index (χ0v) is 19.6. The third-order valence-electron chi connectivity index (χ3n) is 8.92. The van der Waals surface area contributed by atoms with Gasteiger partial charge in [-0.1, -0.05) is 31.2 Å². The lowest BCUT2D eigenvalue weighted by molar-refractivity contribution is -0.116. The van der Waals surface area contributed by atoms with E-state index in [1.807, 2.05) is 0 Å². The topological polar surface area (TPSA) is 83.5 Å². The minimum Gasteiger partial charge on any atom is -0.495 e. The Balaban J connectivity index is 1.30. The highest BCUT2D eigenvalue weighted by Gasteiger charge is 2.58. The van der Waals surface area contributed by atoms with Crippen LogP contribution < -0.4 is 15.5 Å². The summed E-state index contributed by atoms with van der Waals surface area (Å²) in [5.74, 6) is 3.37. The van der Waals surface area contributed by atoms with Gasteiger partial charge >= 0.3 is 0 Å². The Hall–Kier alpha value is -2.44. The maximum Gasteiger partial charge on any atom is 0.225 e. The average Bonchev–Trinajstić information content (AvgIpc) is 3.14. The van der Waals surface area contributed by atoms with Gasteiger partial charge < -0.3 is 15.3 Å². The maximum absolute atomic E-state index is 12.7. The Bertz CT molecular complexity index is 994. The number of hydroxylamine groups is 1. The van der Waals surface area contributed by atoms with Crippen molar-refractivity contribution < 1.29 is 14.7 Å². The second-order valence-corrected chi connectivity index (χ2v) is 10.4. The number of anilines is 1. The molecule has 0 radical (unpaired) electrons. The van der Waals surface area contributed by atoms with E-state index in [0.717, 1.165) is 25.7 Å². The van der Waals surface area contributed by atoms with Gasteiger partial charge in [-0.2, -0.15) is 0 Å². The summed E-state index contributed by atoms with van der Waals surface area (Å²) in [6.45, 7) is 2.36. The molecule has 1 aromatic carbocycles. The maximum atomic E-state index is 12.7. The molecule has 2 saturated carbocycles. The SMILES string of the molecule is COc1ccc(NC(=O)CC[C@@H]2CC(NO)[C@@]3(C)CCC4c5ccccc5CCC4C23)nc1. The molecule has 5 rings (SSSR count). The first-order valence-corrected chi connectivity index (χ1v) is 12.3. The number of benzene rings is 1. The molecular formula is C27H35N3O3. The van der Waals surface area contributed by atoms with Crippen molar-refractivity contribution in [3.63, 3.8) is 0 Å². The Kier molecular flexibility index (Phi) is 6.14. The normalized spacial score (nSPS) is 32.4. The molecule has 6 nitrogen and oxygen atoms in total. The van der Waals surface area contributed by atoms with Crippen molar-refractivity contribution in [2.75, 3.05) is 12.4 Å². The van der Waals surface area contributed by atoms with Gasteiger partial charge in [-0.25, -0.2) is 10.5 Å². The predicted molar refractivity (Wildman–Crippen MR) is 127 cm³/mol. The smallest absolute Gasteiger partial charge is 0.225 e. The number of amides is 1. The highest BCUT2D eigenvalue weighted by molar-refractivity contribution is 5.89. The van der Waals surface area contributed by atoms with Crippen LogP contribution in [-0.2, 0) is 11.2 Å². The van der Waals surface area contributed by atoms with E-state index in [4.69, 9.17) is 4.74 Å². The summed E-state index contributed by atoms with van der Waals surface area (Å²) in [6.07, 6.45) is 8.49. The summed E-state index contributed by atoms with van der Waals surface area (Å²) in [7, 11) is 1.60. The highest BCUT2D eigenvalue weighted by Crippen LogP contribution is 2.63. The monoisotopic (exact) mass is 449 g/mol. The van der Waals surface area contributed by atoms with Gasteiger partial charge in [0.15, 0.2) is 0 Å². The Labute approximate surface area is 196 Å². The van der Waals surface area contributed by atoms with Gasteiger partial charge in [0, 0.05) is 12.5 Å². The van der Waals surface area contributed by atoms with Crippen LogP contribution in [0, 0.1) is 23.2 Å². The molecule has 0 aliphatic heterocycles. The number of carbonyl (C=O) groups is 1. The molecule has 4 unspecified atom stereocenters. The lowest BCUT2D eigenvalue weighted by atomic mass is 9.53. The molecule has 1 heterocycles. The van der Waals surface area contributed by atoms with Crippen molar-refractivity contribution in [3.8, 4) is 5.75 Å². The van der Waals surface area contributed by atoms with Gasteiger partial charge in [-0.15, -0.1) is 0 Å². The fraction of sp³-hybridized carbons (Fsp3) is 0.556. The molecule has 2 fully saturated rings. The third-order valence-corrected chi connectivity index (χ3v) is 8.92. The number of carbonyl (C=O) groups excluding carboxylic acids is 1. The number of hydrogen-bond donors (Lipinski definition) is 3. The molecule has 2 aromatic rings. The largest absolute Gasteiger partial charge is 0.495 e. The first kappa shape index (κ1) is 22.4. The molecule has 6 heteroatoms. The van der Waals surface area contributed by atoms with Crippen LogP contribution in [0.3, 0.4) is 0 Å². The van der Waals surface area contributed by atoms with Crippen LogP contribution in [0.4, 0.5) is 5.82 Å². The highest BCUT2D eigenvalue weighted by atomic mass is 16.5. The van der Waals surface area contributed by atoms with Crippen LogP contribution in [0.5, 0.6) is 5.75 Å². The summed E-state index contributed by atoms with van der Waals surface area (Å²) >= 11 is 0. The van der Waals surface area contributed by atoms with E-state index < -0.39 is 0 Å². The third kappa shape index (κ3) is 4.04. The first-order chi connectivity index (χ1) is 16.0. The van der Waals surface area contributed by atoms with E-state index in [-0.39, 0.29) is 17.4 Å². The van der Waals surface area contributed by atoms with Crippen molar-refractivity contribution in [2.45, 2.75) is 63.8 Å². The van der Waals surface area contributed by atoms with Crippen molar-refractivity contribution >= 4 is 11.7 Å². The van der Waals surface area contributed by atoms with E-state index in [0.29, 0.717) is 41.7 Å². The van der Waals surface area contributed by atoms with E-state index in [1.165, 1.54) is 18.4 Å². The number of aryl methyl sites for hydroxylation is 1. The molecule has 176 valence electrons. The average molecular weight is 450 g/mol. The van der Waals surface area contributed by atoms with Gasteiger partial charge in [0.25, 0.3) is 0 Å².